The van der Waals surface area contributed by atoms with Crippen LogP contribution >= 0.6 is 35.0 Å². The van der Waals surface area contributed by atoms with Gasteiger partial charge in [0.15, 0.2) is 0 Å². The highest BCUT2D eigenvalue weighted by Gasteiger charge is 2.28. The van der Waals surface area contributed by atoms with Crippen LogP contribution in [0.4, 0.5) is 5.95 Å². The number of hydrogen-bond donors (Lipinski definition) is 1. The van der Waals surface area contributed by atoms with E-state index in [9.17, 15) is 0 Å². The smallest absolute Gasteiger partial charge is 0.201 e. The molecule has 0 bridgehead atoms. The van der Waals surface area contributed by atoms with E-state index in [0.29, 0.717) is 22.0 Å². The highest BCUT2D eigenvalue weighted by Crippen LogP contribution is 2.40. The van der Waals surface area contributed by atoms with Crippen molar-refractivity contribution < 1.29 is 0 Å². The van der Waals surface area contributed by atoms with Gasteiger partial charge in [-0.15, -0.1) is 0 Å². The van der Waals surface area contributed by atoms with Gasteiger partial charge in [-0.25, -0.2) is 4.98 Å². The fourth-order valence-corrected chi connectivity index (χ4v) is 4.48. The summed E-state index contributed by atoms with van der Waals surface area (Å²) in [5.41, 5.74) is 7.92. The van der Waals surface area contributed by atoms with Crippen molar-refractivity contribution in [2.45, 2.75) is 37.5 Å². The van der Waals surface area contributed by atoms with Crippen molar-refractivity contribution in [3.63, 3.8) is 0 Å². The molecule has 1 aliphatic rings. The van der Waals surface area contributed by atoms with Crippen LogP contribution in [0.3, 0.4) is 0 Å². The molecule has 3 rings (SSSR count). The van der Waals surface area contributed by atoms with Gasteiger partial charge in [0.2, 0.25) is 5.95 Å². The van der Waals surface area contributed by atoms with Crippen molar-refractivity contribution in [1.29, 1.82) is 0 Å². The summed E-state index contributed by atoms with van der Waals surface area (Å²) in [5, 5.41) is 1.80. The van der Waals surface area contributed by atoms with Crippen molar-refractivity contribution in [3.8, 4) is 0 Å². The van der Waals surface area contributed by atoms with Crippen LogP contribution in [0.15, 0.2) is 12.1 Å². The van der Waals surface area contributed by atoms with E-state index in [1.807, 2.05) is 17.8 Å². The van der Waals surface area contributed by atoms with Gasteiger partial charge in [-0.05, 0) is 37.1 Å². The minimum atomic E-state index is 0.418. The minimum absolute atomic E-state index is 0.418. The van der Waals surface area contributed by atoms with E-state index in [2.05, 4.69) is 16.5 Å². The molecule has 1 fully saturated rings. The normalized spacial score (nSPS) is 22.8. The summed E-state index contributed by atoms with van der Waals surface area (Å²) in [6.07, 6.45) is 3.53. The fourth-order valence-electron chi connectivity index (χ4n) is 3.03. The number of nitrogens with two attached hydrogens (primary N) is 1. The zero-order chi connectivity index (χ0) is 14.3. The number of nitrogens with zero attached hydrogens (tertiary/aromatic N) is 2. The highest BCUT2D eigenvalue weighted by atomic mass is 35.5. The number of benzene rings is 1. The zero-order valence-corrected chi connectivity index (χ0v) is 13.6. The Morgan fingerprint density at radius 2 is 2.10 bits per heavy atom. The average Bonchev–Trinajstić information content (AvgIpc) is 2.95. The molecule has 3 nitrogen and oxygen atoms in total. The SMILES string of the molecule is CCSC1CCC(n2c(N)nc3cc(Cl)c(Cl)cc32)C1. The standard InChI is InChI=1S/C14H17Cl2N3S/c1-2-20-9-4-3-8(5-9)19-13-7-11(16)10(15)6-12(13)18-14(19)17/h6-9H,2-5H2,1H3,(H2,17,18). The van der Waals surface area contributed by atoms with E-state index in [0.717, 1.165) is 29.1 Å². The fraction of sp³-hybridized carbons (Fsp3) is 0.500. The summed E-state index contributed by atoms with van der Waals surface area (Å²) in [6, 6.07) is 4.09. The number of rotatable bonds is 3. The first-order valence-corrected chi connectivity index (χ1v) is 8.64. The molecule has 2 atom stereocenters. The summed E-state index contributed by atoms with van der Waals surface area (Å²) >= 11 is 14.2. The maximum absolute atomic E-state index is 6.14. The summed E-state index contributed by atoms with van der Waals surface area (Å²) in [7, 11) is 0. The second-order valence-electron chi connectivity index (χ2n) is 5.14. The van der Waals surface area contributed by atoms with Gasteiger partial charge in [0.05, 0.1) is 21.1 Å². The van der Waals surface area contributed by atoms with Crippen molar-refractivity contribution in [2.75, 3.05) is 11.5 Å². The Hall–Kier alpha value is -0.580. The van der Waals surface area contributed by atoms with E-state index in [4.69, 9.17) is 28.9 Å². The summed E-state index contributed by atoms with van der Waals surface area (Å²) in [4.78, 5) is 4.42. The number of imidazole rings is 1. The van der Waals surface area contributed by atoms with Crippen LogP contribution in [0.5, 0.6) is 0 Å². The lowest BCUT2D eigenvalue weighted by atomic mass is 10.2. The first-order valence-electron chi connectivity index (χ1n) is 6.84. The number of hydrogen-bond acceptors (Lipinski definition) is 3. The maximum Gasteiger partial charge on any atom is 0.201 e. The number of thioether (sulfide) groups is 1. The van der Waals surface area contributed by atoms with Gasteiger partial charge in [0.1, 0.15) is 0 Å². The Bertz CT molecular complexity index is 641. The van der Waals surface area contributed by atoms with Crippen molar-refractivity contribution in [1.82, 2.24) is 9.55 Å². The van der Waals surface area contributed by atoms with Crippen LogP contribution in [-0.4, -0.2) is 20.6 Å². The van der Waals surface area contributed by atoms with Crippen LogP contribution < -0.4 is 5.73 Å². The third-order valence-electron chi connectivity index (χ3n) is 3.88. The van der Waals surface area contributed by atoms with Crippen LogP contribution in [0.25, 0.3) is 11.0 Å². The molecule has 108 valence electrons. The Balaban J connectivity index is 1.99. The predicted octanol–water partition coefficient (Wildman–Crippen LogP) is 4.77. The number of halogens is 2. The maximum atomic E-state index is 6.14. The molecule has 1 aliphatic carbocycles. The van der Waals surface area contributed by atoms with E-state index in [1.54, 1.807) is 6.07 Å². The lowest BCUT2D eigenvalue weighted by Gasteiger charge is -2.15. The molecule has 0 saturated heterocycles. The van der Waals surface area contributed by atoms with Gasteiger partial charge >= 0.3 is 0 Å². The summed E-state index contributed by atoms with van der Waals surface area (Å²) in [6.45, 7) is 2.21. The zero-order valence-electron chi connectivity index (χ0n) is 11.3. The predicted molar refractivity (Wildman–Crippen MR) is 89.0 cm³/mol. The van der Waals surface area contributed by atoms with Crippen LogP contribution in [0.1, 0.15) is 32.2 Å². The largest absolute Gasteiger partial charge is 0.369 e. The molecule has 2 N–H and O–H groups in total. The molecule has 2 aromatic rings. The summed E-state index contributed by atoms with van der Waals surface area (Å²) < 4.78 is 2.13. The van der Waals surface area contributed by atoms with Gasteiger partial charge in [-0.3, -0.25) is 0 Å². The van der Waals surface area contributed by atoms with Crippen molar-refractivity contribution in [2.24, 2.45) is 0 Å². The molecular weight excluding hydrogens is 313 g/mol. The van der Waals surface area contributed by atoms with Gasteiger partial charge in [0.25, 0.3) is 0 Å². The van der Waals surface area contributed by atoms with Gasteiger partial charge in [-0.1, -0.05) is 30.1 Å². The molecule has 1 aromatic carbocycles. The van der Waals surface area contributed by atoms with E-state index in [1.165, 1.54) is 12.2 Å². The lowest BCUT2D eigenvalue weighted by molar-refractivity contribution is 0.540. The van der Waals surface area contributed by atoms with Gasteiger partial charge < -0.3 is 10.3 Å². The first-order chi connectivity index (χ1) is 9.60. The second-order valence-corrected chi connectivity index (χ2v) is 7.53. The second kappa shape index (κ2) is 5.66. The molecular formula is C14H17Cl2N3S. The molecule has 1 aromatic heterocycles. The molecule has 2 unspecified atom stereocenters. The Morgan fingerprint density at radius 3 is 2.85 bits per heavy atom. The third kappa shape index (κ3) is 2.49. The van der Waals surface area contributed by atoms with Gasteiger partial charge in [0, 0.05) is 11.3 Å². The number of anilines is 1. The highest BCUT2D eigenvalue weighted by molar-refractivity contribution is 7.99. The Kier molecular flexibility index (Phi) is 4.07. The van der Waals surface area contributed by atoms with Crippen LogP contribution in [0.2, 0.25) is 10.0 Å². The van der Waals surface area contributed by atoms with Crippen LogP contribution in [0, 0.1) is 0 Å². The molecule has 0 aliphatic heterocycles. The number of aromatic nitrogens is 2. The van der Waals surface area contributed by atoms with E-state index < -0.39 is 0 Å². The van der Waals surface area contributed by atoms with Gasteiger partial charge in [-0.2, -0.15) is 11.8 Å². The molecule has 1 heterocycles. The van der Waals surface area contributed by atoms with E-state index >= 15 is 0 Å². The monoisotopic (exact) mass is 329 g/mol. The molecule has 6 heteroatoms. The quantitative estimate of drug-likeness (QED) is 0.881. The Labute approximate surface area is 132 Å². The minimum Gasteiger partial charge on any atom is -0.369 e. The summed E-state index contributed by atoms with van der Waals surface area (Å²) in [5.74, 6) is 1.73. The van der Waals surface area contributed by atoms with Crippen LogP contribution in [-0.2, 0) is 0 Å². The molecule has 20 heavy (non-hydrogen) atoms. The third-order valence-corrected chi connectivity index (χ3v) is 5.84. The van der Waals surface area contributed by atoms with Crippen molar-refractivity contribution >= 4 is 51.9 Å². The molecule has 0 radical (unpaired) electrons. The molecule has 1 saturated carbocycles. The number of fused-ring (bicyclic) bond motifs is 1. The number of nitrogen functional groups attached to an aromatic ring is 1. The average molecular weight is 330 g/mol. The Morgan fingerprint density at radius 1 is 1.35 bits per heavy atom. The van der Waals surface area contributed by atoms with Crippen molar-refractivity contribution in [3.05, 3.63) is 22.2 Å². The topological polar surface area (TPSA) is 43.8 Å². The molecule has 0 spiro atoms. The first kappa shape index (κ1) is 14.4. The lowest BCUT2D eigenvalue weighted by Crippen LogP contribution is -2.09. The molecule has 0 amide bonds. The van der Waals surface area contributed by atoms with E-state index in [-0.39, 0.29) is 0 Å².